The highest BCUT2D eigenvalue weighted by molar-refractivity contribution is 7.89. The van der Waals surface area contributed by atoms with Gasteiger partial charge in [0.1, 0.15) is 5.82 Å². The lowest BCUT2D eigenvalue weighted by Gasteiger charge is -2.30. The number of hydrogen-bond acceptors (Lipinski definition) is 2. The number of sulfonamides is 1. The molecule has 0 N–H and O–H groups in total. The smallest absolute Gasteiger partial charge is 0.207 e. The van der Waals surface area contributed by atoms with Crippen molar-refractivity contribution in [1.29, 1.82) is 0 Å². The average Bonchev–Trinajstić information content (AvgIpc) is 2.83. The van der Waals surface area contributed by atoms with E-state index in [1.54, 1.807) is 16.4 Å². The lowest BCUT2D eigenvalue weighted by molar-refractivity contribution is 0.328. The van der Waals surface area contributed by atoms with Crippen LogP contribution in [0.1, 0.15) is 48.4 Å². The molecule has 3 nitrogen and oxygen atoms in total. The van der Waals surface area contributed by atoms with Crippen LogP contribution in [-0.4, -0.2) is 19.3 Å². The second-order valence-corrected chi connectivity index (χ2v) is 8.66. The third-order valence-corrected chi connectivity index (χ3v) is 6.92. The summed E-state index contributed by atoms with van der Waals surface area (Å²) in [6, 6.07) is 11.5. The monoisotopic (exact) mass is 361 g/mol. The zero-order valence-corrected chi connectivity index (χ0v) is 15.5. The molecule has 1 aliphatic heterocycles. The lowest BCUT2D eigenvalue weighted by atomic mass is 10.0. The molecular weight excluding hydrogens is 337 g/mol. The molecule has 0 unspecified atom stereocenters. The highest BCUT2D eigenvalue weighted by Gasteiger charge is 2.34. The first-order valence-corrected chi connectivity index (χ1v) is 10.2. The number of hydrogen-bond donors (Lipinski definition) is 0. The molecule has 134 valence electrons. The Morgan fingerprint density at radius 3 is 2.60 bits per heavy atom. The first kappa shape index (κ1) is 18.1. The SMILES string of the molecule is Cc1ccc(C)c(S(=O)(=O)N2CCCCC[C@H]2c2cccc(F)c2)c1. The van der Waals surface area contributed by atoms with Crippen molar-refractivity contribution < 1.29 is 12.8 Å². The first-order chi connectivity index (χ1) is 11.9. The molecule has 1 atom stereocenters. The van der Waals surface area contributed by atoms with Crippen molar-refractivity contribution in [2.45, 2.75) is 50.5 Å². The summed E-state index contributed by atoms with van der Waals surface area (Å²) in [4.78, 5) is 0.357. The average molecular weight is 361 g/mol. The van der Waals surface area contributed by atoms with Gasteiger partial charge in [-0.15, -0.1) is 0 Å². The standard InChI is InChI=1S/C20H24FNO2S/c1-15-10-11-16(2)20(13-15)25(23,24)22-12-5-3-4-9-19(22)17-7-6-8-18(21)14-17/h6-8,10-11,13-14,19H,3-5,9,12H2,1-2H3/t19-/m0/s1. The Morgan fingerprint density at radius 2 is 1.84 bits per heavy atom. The Kier molecular flexibility index (Phi) is 5.25. The van der Waals surface area contributed by atoms with E-state index in [1.807, 2.05) is 32.0 Å². The van der Waals surface area contributed by atoms with Crippen LogP contribution in [0, 0.1) is 19.7 Å². The molecule has 2 aromatic rings. The summed E-state index contributed by atoms with van der Waals surface area (Å²) in [6.07, 6.45) is 3.48. The third-order valence-electron chi connectivity index (χ3n) is 4.87. The molecule has 3 rings (SSSR count). The van der Waals surface area contributed by atoms with Gasteiger partial charge in [-0.05, 0) is 61.6 Å². The molecule has 25 heavy (non-hydrogen) atoms. The van der Waals surface area contributed by atoms with E-state index in [-0.39, 0.29) is 11.9 Å². The van der Waals surface area contributed by atoms with E-state index in [2.05, 4.69) is 0 Å². The molecule has 0 bridgehead atoms. The van der Waals surface area contributed by atoms with Crippen LogP contribution in [0.2, 0.25) is 0 Å². The van der Waals surface area contributed by atoms with Gasteiger partial charge in [-0.25, -0.2) is 12.8 Å². The summed E-state index contributed by atoms with van der Waals surface area (Å²) in [7, 11) is -3.64. The van der Waals surface area contributed by atoms with Gasteiger partial charge >= 0.3 is 0 Å². The van der Waals surface area contributed by atoms with E-state index in [0.29, 0.717) is 17.9 Å². The van der Waals surface area contributed by atoms with Gasteiger partial charge in [-0.1, -0.05) is 37.1 Å². The second-order valence-electron chi connectivity index (χ2n) is 6.80. The van der Waals surface area contributed by atoms with Crippen LogP contribution in [0.4, 0.5) is 4.39 Å². The minimum atomic E-state index is -3.64. The van der Waals surface area contributed by atoms with E-state index >= 15 is 0 Å². The molecule has 0 radical (unpaired) electrons. The Balaban J connectivity index is 2.08. The van der Waals surface area contributed by atoms with Crippen LogP contribution in [0.25, 0.3) is 0 Å². The quantitative estimate of drug-likeness (QED) is 0.791. The second kappa shape index (κ2) is 7.26. The molecule has 5 heteroatoms. The van der Waals surface area contributed by atoms with Crippen molar-refractivity contribution in [2.75, 3.05) is 6.54 Å². The van der Waals surface area contributed by atoms with E-state index in [1.165, 1.54) is 12.1 Å². The van der Waals surface area contributed by atoms with Gasteiger partial charge in [-0.2, -0.15) is 4.31 Å². The first-order valence-electron chi connectivity index (χ1n) is 8.74. The molecule has 0 aliphatic carbocycles. The highest BCUT2D eigenvalue weighted by Crippen LogP contribution is 2.35. The van der Waals surface area contributed by atoms with Crippen LogP contribution in [0.15, 0.2) is 47.4 Å². The molecule has 1 fully saturated rings. The fraction of sp³-hybridized carbons (Fsp3) is 0.400. The van der Waals surface area contributed by atoms with Gasteiger partial charge in [0, 0.05) is 6.54 Å². The summed E-state index contributed by atoms with van der Waals surface area (Å²) < 4.78 is 42.1. The fourth-order valence-electron chi connectivity index (χ4n) is 3.53. The van der Waals surface area contributed by atoms with Crippen molar-refractivity contribution in [3.63, 3.8) is 0 Å². The van der Waals surface area contributed by atoms with Crippen molar-refractivity contribution in [2.24, 2.45) is 0 Å². The van der Waals surface area contributed by atoms with E-state index in [4.69, 9.17) is 0 Å². The zero-order chi connectivity index (χ0) is 18.0. The van der Waals surface area contributed by atoms with Gasteiger partial charge in [0.05, 0.1) is 10.9 Å². The van der Waals surface area contributed by atoms with Gasteiger partial charge in [-0.3, -0.25) is 0 Å². The van der Waals surface area contributed by atoms with E-state index in [9.17, 15) is 12.8 Å². The molecule has 1 saturated heterocycles. The van der Waals surface area contributed by atoms with E-state index in [0.717, 1.165) is 36.0 Å². The van der Waals surface area contributed by atoms with Gasteiger partial charge < -0.3 is 0 Å². The highest BCUT2D eigenvalue weighted by atomic mass is 32.2. The fourth-order valence-corrected chi connectivity index (χ4v) is 5.52. The van der Waals surface area contributed by atoms with E-state index < -0.39 is 10.0 Å². The number of nitrogens with zero attached hydrogens (tertiary/aromatic N) is 1. The summed E-state index contributed by atoms with van der Waals surface area (Å²) >= 11 is 0. The van der Waals surface area contributed by atoms with Crippen molar-refractivity contribution in [1.82, 2.24) is 4.31 Å². The van der Waals surface area contributed by atoms with Crippen LogP contribution in [0.5, 0.6) is 0 Å². The zero-order valence-electron chi connectivity index (χ0n) is 14.7. The van der Waals surface area contributed by atoms with Crippen LogP contribution in [0.3, 0.4) is 0 Å². The summed E-state index contributed by atoms with van der Waals surface area (Å²) in [6.45, 7) is 4.18. The maximum atomic E-state index is 13.7. The largest absolute Gasteiger partial charge is 0.243 e. The topological polar surface area (TPSA) is 37.4 Å². The number of halogens is 1. The Morgan fingerprint density at radius 1 is 1.04 bits per heavy atom. The predicted octanol–water partition coefficient (Wildman–Crippen LogP) is 4.75. The van der Waals surface area contributed by atoms with Gasteiger partial charge in [0.25, 0.3) is 0 Å². The molecule has 1 aliphatic rings. The molecule has 2 aromatic carbocycles. The predicted molar refractivity (Wildman–Crippen MR) is 97.4 cm³/mol. The van der Waals surface area contributed by atoms with Crippen molar-refractivity contribution in [3.05, 3.63) is 65.0 Å². The van der Waals surface area contributed by atoms with Crippen LogP contribution in [-0.2, 0) is 10.0 Å². The maximum Gasteiger partial charge on any atom is 0.243 e. The molecule has 0 amide bonds. The molecule has 0 spiro atoms. The maximum absolute atomic E-state index is 13.7. The third kappa shape index (κ3) is 3.77. The molecule has 1 heterocycles. The van der Waals surface area contributed by atoms with Crippen LogP contribution < -0.4 is 0 Å². The van der Waals surface area contributed by atoms with Gasteiger partial charge in [0.15, 0.2) is 0 Å². The van der Waals surface area contributed by atoms with Crippen molar-refractivity contribution in [3.8, 4) is 0 Å². The number of aryl methyl sites for hydroxylation is 2. The molecular formula is C20H24FNO2S. The Hall–Kier alpha value is -1.72. The Bertz CT molecular complexity index is 864. The number of benzene rings is 2. The molecule has 0 aromatic heterocycles. The minimum absolute atomic E-state index is 0.317. The normalized spacial score (nSPS) is 19.6. The summed E-state index contributed by atoms with van der Waals surface area (Å²) in [5.41, 5.74) is 2.39. The molecule has 0 saturated carbocycles. The number of rotatable bonds is 3. The Labute approximate surface area is 149 Å². The van der Waals surface area contributed by atoms with Crippen molar-refractivity contribution >= 4 is 10.0 Å². The van der Waals surface area contributed by atoms with Gasteiger partial charge in [0.2, 0.25) is 10.0 Å². The summed E-state index contributed by atoms with van der Waals surface area (Å²) in [5.74, 6) is -0.328. The van der Waals surface area contributed by atoms with Crippen LogP contribution >= 0.6 is 0 Å². The summed E-state index contributed by atoms with van der Waals surface area (Å²) in [5, 5.41) is 0. The lowest BCUT2D eigenvalue weighted by Crippen LogP contribution is -2.35. The minimum Gasteiger partial charge on any atom is -0.207 e.